The van der Waals surface area contributed by atoms with Crippen LogP contribution in [0.25, 0.3) is 0 Å². The summed E-state index contributed by atoms with van der Waals surface area (Å²) >= 11 is 0. The number of nitrogens with one attached hydrogen (secondary N) is 2. The lowest BCUT2D eigenvalue weighted by molar-refractivity contribution is 0.134. The molecule has 3 nitrogen and oxygen atoms in total. The Morgan fingerprint density at radius 1 is 1.00 bits per heavy atom. The van der Waals surface area contributed by atoms with E-state index in [1.165, 1.54) is 45.3 Å². The molecule has 2 saturated heterocycles. The van der Waals surface area contributed by atoms with Gasteiger partial charge < -0.3 is 10.6 Å². The first kappa shape index (κ1) is 11.4. The van der Waals surface area contributed by atoms with E-state index in [0.29, 0.717) is 6.17 Å². The summed E-state index contributed by atoms with van der Waals surface area (Å²) < 4.78 is 0. The van der Waals surface area contributed by atoms with Crippen LogP contribution >= 0.6 is 0 Å². The summed E-state index contributed by atoms with van der Waals surface area (Å²) in [5, 5.41) is 7.19. The number of rotatable bonds is 2. The van der Waals surface area contributed by atoms with Crippen LogP contribution in [0.3, 0.4) is 0 Å². The molecule has 0 radical (unpaired) electrons. The van der Waals surface area contributed by atoms with E-state index >= 15 is 0 Å². The van der Waals surface area contributed by atoms with Crippen molar-refractivity contribution in [2.75, 3.05) is 33.7 Å². The Hall–Kier alpha value is -0.120. The molecule has 0 spiro atoms. The van der Waals surface area contributed by atoms with E-state index in [1.54, 1.807) is 0 Å². The molecule has 0 amide bonds. The fraction of sp³-hybridized carbons (Fsp3) is 1.00. The van der Waals surface area contributed by atoms with Gasteiger partial charge in [-0.2, -0.15) is 0 Å². The van der Waals surface area contributed by atoms with Gasteiger partial charge in [-0.3, -0.25) is 4.90 Å². The van der Waals surface area contributed by atoms with Crippen molar-refractivity contribution >= 4 is 0 Å². The fourth-order valence-corrected chi connectivity index (χ4v) is 2.99. The average molecular weight is 211 g/mol. The maximum Gasteiger partial charge on any atom is 0.0592 e. The summed E-state index contributed by atoms with van der Waals surface area (Å²) in [6.45, 7) is 3.70. The lowest BCUT2D eigenvalue weighted by Gasteiger charge is -2.38. The van der Waals surface area contributed by atoms with Crippen molar-refractivity contribution in [3.05, 3.63) is 0 Å². The maximum atomic E-state index is 3.66. The van der Waals surface area contributed by atoms with E-state index in [0.717, 1.165) is 11.8 Å². The predicted molar refractivity (Wildman–Crippen MR) is 63.8 cm³/mol. The number of nitrogens with zero attached hydrogens (tertiary/aromatic N) is 1. The zero-order valence-corrected chi connectivity index (χ0v) is 10.1. The molecule has 15 heavy (non-hydrogen) atoms. The monoisotopic (exact) mass is 211 g/mol. The molecule has 0 aromatic carbocycles. The Kier molecular flexibility index (Phi) is 4.00. The Labute approximate surface area is 93.6 Å². The van der Waals surface area contributed by atoms with Crippen molar-refractivity contribution in [2.24, 2.45) is 11.8 Å². The smallest absolute Gasteiger partial charge is 0.0592 e. The van der Waals surface area contributed by atoms with Crippen molar-refractivity contribution in [1.29, 1.82) is 0 Å². The Balaban J connectivity index is 1.77. The highest BCUT2D eigenvalue weighted by Crippen LogP contribution is 2.27. The summed E-state index contributed by atoms with van der Waals surface area (Å²) in [5.41, 5.74) is 0. The summed E-state index contributed by atoms with van der Waals surface area (Å²) in [5.74, 6) is 1.84. The first-order chi connectivity index (χ1) is 7.27. The molecular weight excluding hydrogens is 186 g/mol. The minimum absolute atomic E-state index is 0.609. The van der Waals surface area contributed by atoms with Crippen LogP contribution in [-0.4, -0.2) is 44.8 Å². The van der Waals surface area contributed by atoms with E-state index in [9.17, 15) is 0 Å². The second kappa shape index (κ2) is 5.28. The molecule has 0 aromatic heterocycles. The van der Waals surface area contributed by atoms with E-state index in [4.69, 9.17) is 0 Å². The van der Waals surface area contributed by atoms with Crippen LogP contribution < -0.4 is 10.6 Å². The minimum atomic E-state index is 0.609. The minimum Gasteiger partial charge on any atom is -0.316 e. The molecular formula is C12H25N3. The van der Waals surface area contributed by atoms with E-state index in [1.807, 2.05) is 0 Å². The third kappa shape index (κ3) is 2.92. The van der Waals surface area contributed by atoms with Crippen molar-refractivity contribution in [3.8, 4) is 0 Å². The molecule has 2 rings (SSSR count). The second-order valence-electron chi connectivity index (χ2n) is 5.33. The molecule has 3 unspecified atom stereocenters. The van der Waals surface area contributed by atoms with Crippen LogP contribution in [0.15, 0.2) is 0 Å². The van der Waals surface area contributed by atoms with Gasteiger partial charge >= 0.3 is 0 Å². The fourth-order valence-electron chi connectivity index (χ4n) is 2.99. The Morgan fingerprint density at radius 3 is 2.33 bits per heavy atom. The first-order valence-electron chi connectivity index (χ1n) is 6.38. The van der Waals surface area contributed by atoms with Crippen molar-refractivity contribution in [2.45, 2.75) is 31.8 Å². The van der Waals surface area contributed by atoms with Gasteiger partial charge in [-0.25, -0.2) is 0 Å². The zero-order valence-electron chi connectivity index (χ0n) is 10.1. The molecule has 2 N–H and O–H groups in total. The van der Waals surface area contributed by atoms with Crippen LogP contribution in [0.1, 0.15) is 25.7 Å². The largest absolute Gasteiger partial charge is 0.316 e. The van der Waals surface area contributed by atoms with Gasteiger partial charge in [0.15, 0.2) is 0 Å². The molecule has 0 aliphatic carbocycles. The third-order valence-electron chi connectivity index (χ3n) is 4.05. The summed E-state index contributed by atoms with van der Waals surface area (Å²) in [6, 6.07) is 0. The van der Waals surface area contributed by atoms with Crippen LogP contribution in [0.2, 0.25) is 0 Å². The summed E-state index contributed by atoms with van der Waals surface area (Å²) in [6.07, 6.45) is 6.14. The van der Waals surface area contributed by atoms with Gasteiger partial charge in [0, 0.05) is 0 Å². The normalized spacial score (nSPS) is 38.2. The summed E-state index contributed by atoms with van der Waals surface area (Å²) in [4.78, 5) is 2.30. The molecule has 88 valence electrons. The van der Waals surface area contributed by atoms with E-state index in [2.05, 4.69) is 29.6 Å². The lowest BCUT2D eigenvalue weighted by Crippen LogP contribution is -2.50. The van der Waals surface area contributed by atoms with Gasteiger partial charge in [0.05, 0.1) is 6.17 Å². The van der Waals surface area contributed by atoms with E-state index in [-0.39, 0.29) is 0 Å². The Bertz CT molecular complexity index is 179. The molecule has 2 fully saturated rings. The van der Waals surface area contributed by atoms with Crippen LogP contribution in [-0.2, 0) is 0 Å². The van der Waals surface area contributed by atoms with Gasteiger partial charge in [0.2, 0.25) is 0 Å². The predicted octanol–water partition coefficient (Wildman–Crippen LogP) is 0.873. The van der Waals surface area contributed by atoms with Crippen LogP contribution in [0.5, 0.6) is 0 Å². The number of piperidine rings is 2. The van der Waals surface area contributed by atoms with Gasteiger partial charge in [-0.1, -0.05) is 0 Å². The number of hydrogen-bond acceptors (Lipinski definition) is 3. The van der Waals surface area contributed by atoms with Gasteiger partial charge in [-0.05, 0) is 71.2 Å². The summed E-state index contributed by atoms with van der Waals surface area (Å²) in [7, 11) is 4.33. The number of hydrogen-bond donors (Lipinski definition) is 2. The molecule has 3 atom stereocenters. The molecule has 3 heteroatoms. The quantitative estimate of drug-likeness (QED) is 0.710. The Morgan fingerprint density at radius 2 is 1.80 bits per heavy atom. The topological polar surface area (TPSA) is 27.3 Å². The van der Waals surface area contributed by atoms with Crippen molar-refractivity contribution < 1.29 is 0 Å². The molecule has 2 heterocycles. The highest BCUT2D eigenvalue weighted by molar-refractivity contribution is 4.83. The molecule has 2 aliphatic rings. The van der Waals surface area contributed by atoms with Crippen molar-refractivity contribution in [1.82, 2.24) is 15.5 Å². The third-order valence-corrected chi connectivity index (χ3v) is 4.05. The highest BCUT2D eigenvalue weighted by Gasteiger charge is 2.28. The highest BCUT2D eigenvalue weighted by atomic mass is 15.2. The standard InChI is InChI=1S/C12H25N3/c1-15(2)12-6-5-11(9-14-12)10-4-3-7-13-8-10/h10-14H,3-9H2,1-2H3. The lowest BCUT2D eigenvalue weighted by atomic mass is 9.81. The molecule has 2 aliphatic heterocycles. The van der Waals surface area contributed by atoms with Gasteiger partial charge in [0.25, 0.3) is 0 Å². The van der Waals surface area contributed by atoms with Crippen molar-refractivity contribution in [3.63, 3.8) is 0 Å². The van der Waals surface area contributed by atoms with E-state index < -0.39 is 0 Å². The van der Waals surface area contributed by atoms with Crippen LogP contribution in [0, 0.1) is 11.8 Å². The van der Waals surface area contributed by atoms with Gasteiger partial charge in [0.1, 0.15) is 0 Å². The average Bonchev–Trinajstić information content (AvgIpc) is 2.30. The SMILES string of the molecule is CN(C)C1CCC(C2CCCNC2)CN1. The first-order valence-corrected chi connectivity index (χ1v) is 6.38. The second-order valence-corrected chi connectivity index (χ2v) is 5.33. The van der Waals surface area contributed by atoms with Crippen LogP contribution in [0.4, 0.5) is 0 Å². The van der Waals surface area contributed by atoms with Gasteiger partial charge in [-0.15, -0.1) is 0 Å². The maximum absolute atomic E-state index is 3.66. The molecule has 0 saturated carbocycles. The zero-order chi connectivity index (χ0) is 10.7. The molecule has 0 aromatic rings. The molecule has 0 bridgehead atoms.